The van der Waals surface area contributed by atoms with Crippen LogP contribution >= 0.6 is 0 Å². The fraction of sp³-hybridized carbons (Fsp3) is 0.381. The van der Waals surface area contributed by atoms with E-state index in [0.29, 0.717) is 18.7 Å². The van der Waals surface area contributed by atoms with Crippen molar-refractivity contribution >= 4 is 15.9 Å². The molecule has 0 unspecified atom stereocenters. The van der Waals surface area contributed by atoms with Gasteiger partial charge in [0.05, 0.1) is 4.90 Å². The molecule has 1 amide bonds. The molecule has 2 aromatic carbocycles. The summed E-state index contributed by atoms with van der Waals surface area (Å²) >= 11 is 0. The molecule has 0 aliphatic carbocycles. The minimum atomic E-state index is -3.63. The Kier molecular flexibility index (Phi) is 7.56. The van der Waals surface area contributed by atoms with Crippen LogP contribution in [0.15, 0.2) is 53.4 Å². The summed E-state index contributed by atoms with van der Waals surface area (Å²) in [5, 5.41) is 0. The number of hydrogen-bond acceptors (Lipinski definition) is 3. The highest BCUT2D eigenvalue weighted by Crippen LogP contribution is 2.14. The standard InChI is InChI=1S/C21H28N2O3S/c1-4-14-23(15-5-2)21(24)19-10-12-20(13-11-19)27(25,26)22-16-18-8-6-17(3)7-9-18/h6-13,22H,4-5,14-16H2,1-3H3. The highest BCUT2D eigenvalue weighted by molar-refractivity contribution is 7.89. The summed E-state index contributed by atoms with van der Waals surface area (Å²) in [7, 11) is -3.63. The summed E-state index contributed by atoms with van der Waals surface area (Å²) in [6, 6.07) is 13.8. The fourth-order valence-corrected chi connectivity index (χ4v) is 3.80. The number of amides is 1. The summed E-state index contributed by atoms with van der Waals surface area (Å²) in [5.41, 5.74) is 2.53. The first kappa shape index (κ1) is 21.1. The molecule has 5 nitrogen and oxygen atoms in total. The molecule has 0 atom stereocenters. The average Bonchev–Trinajstić information content (AvgIpc) is 2.67. The van der Waals surface area contributed by atoms with E-state index in [1.165, 1.54) is 12.1 Å². The van der Waals surface area contributed by atoms with Gasteiger partial charge in [-0.15, -0.1) is 0 Å². The Morgan fingerprint density at radius 1 is 0.926 bits per heavy atom. The van der Waals surface area contributed by atoms with Crippen LogP contribution < -0.4 is 4.72 Å². The Morgan fingerprint density at radius 3 is 2.00 bits per heavy atom. The van der Waals surface area contributed by atoms with E-state index in [2.05, 4.69) is 4.72 Å². The number of aryl methyl sites for hydroxylation is 1. The number of carbonyl (C=O) groups excluding carboxylic acids is 1. The van der Waals surface area contributed by atoms with E-state index in [9.17, 15) is 13.2 Å². The second-order valence-corrected chi connectivity index (χ2v) is 8.39. The monoisotopic (exact) mass is 388 g/mol. The van der Waals surface area contributed by atoms with Crippen molar-refractivity contribution in [2.75, 3.05) is 13.1 Å². The zero-order chi connectivity index (χ0) is 19.9. The van der Waals surface area contributed by atoms with E-state index in [0.717, 1.165) is 24.0 Å². The number of hydrogen-bond donors (Lipinski definition) is 1. The molecule has 2 rings (SSSR count). The van der Waals surface area contributed by atoms with Crippen molar-refractivity contribution in [3.8, 4) is 0 Å². The zero-order valence-corrected chi connectivity index (χ0v) is 17.1. The molecule has 0 aliphatic heterocycles. The molecule has 0 radical (unpaired) electrons. The Morgan fingerprint density at radius 2 is 1.48 bits per heavy atom. The lowest BCUT2D eigenvalue weighted by atomic mass is 10.2. The van der Waals surface area contributed by atoms with Crippen LogP contribution in [0, 0.1) is 6.92 Å². The van der Waals surface area contributed by atoms with Crippen LogP contribution in [0.25, 0.3) is 0 Å². The van der Waals surface area contributed by atoms with Gasteiger partial charge in [-0.1, -0.05) is 43.7 Å². The smallest absolute Gasteiger partial charge is 0.253 e. The van der Waals surface area contributed by atoms with Crippen molar-refractivity contribution in [1.82, 2.24) is 9.62 Å². The molecule has 146 valence electrons. The van der Waals surface area contributed by atoms with E-state index in [-0.39, 0.29) is 17.3 Å². The molecule has 0 aromatic heterocycles. The molecule has 2 aromatic rings. The number of rotatable bonds is 9. The number of carbonyl (C=O) groups is 1. The second-order valence-electron chi connectivity index (χ2n) is 6.63. The largest absolute Gasteiger partial charge is 0.339 e. The maximum absolute atomic E-state index is 12.6. The molecule has 0 spiro atoms. The highest BCUT2D eigenvalue weighted by Gasteiger charge is 2.17. The van der Waals surface area contributed by atoms with Crippen molar-refractivity contribution in [1.29, 1.82) is 0 Å². The van der Waals surface area contributed by atoms with Crippen molar-refractivity contribution in [2.24, 2.45) is 0 Å². The van der Waals surface area contributed by atoms with E-state index < -0.39 is 10.0 Å². The molecule has 0 heterocycles. The van der Waals surface area contributed by atoms with Gasteiger partial charge in [0.25, 0.3) is 5.91 Å². The van der Waals surface area contributed by atoms with Gasteiger partial charge in [-0.2, -0.15) is 0 Å². The van der Waals surface area contributed by atoms with Crippen LogP contribution in [0.2, 0.25) is 0 Å². The predicted molar refractivity (Wildman–Crippen MR) is 108 cm³/mol. The lowest BCUT2D eigenvalue weighted by molar-refractivity contribution is 0.0755. The van der Waals surface area contributed by atoms with Crippen molar-refractivity contribution in [3.63, 3.8) is 0 Å². The van der Waals surface area contributed by atoms with Gasteiger partial charge in [-0.3, -0.25) is 4.79 Å². The minimum Gasteiger partial charge on any atom is -0.339 e. The highest BCUT2D eigenvalue weighted by atomic mass is 32.2. The van der Waals surface area contributed by atoms with Crippen LogP contribution in [0.4, 0.5) is 0 Å². The van der Waals surface area contributed by atoms with E-state index in [1.807, 2.05) is 45.0 Å². The van der Waals surface area contributed by atoms with Crippen LogP contribution in [-0.2, 0) is 16.6 Å². The average molecular weight is 389 g/mol. The first-order valence-corrected chi connectivity index (χ1v) is 10.8. The Balaban J connectivity index is 2.08. The van der Waals surface area contributed by atoms with Gasteiger partial charge in [0.1, 0.15) is 0 Å². The van der Waals surface area contributed by atoms with Crippen molar-refractivity contribution < 1.29 is 13.2 Å². The number of sulfonamides is 1. The Hall–Kier alpha value is -2.18. The fourth-order valence-electron chi connectivity index (χ4n) is 2.78. The van der Waals surface area contributed by atoms with E-state index in [1.54, 1.807) is 17.0 Å². The molecular formula is C21H28N2O3S. The molecule has 27 heavy (non-hydrogen) atoms. The normalized spacial score (nSPS) is 11.4. The molecular weight excluding hydrogens is 360 g/mol. The predicted octanol–water partition coefficient (Wildman–Crippen LogP) is 3.74. The maximum atomic E-state index is 12.6. The summed E-state index contributed by atoms with van der Waals surface area (Å²) in [6.45, 7) is 7.68. The molecule has 0 saturated carbocycles. The maximum Gasteiger partial charge on any atom is 0.253 e. The lowest BCUT2D eigenvalue weighted by Crippen LogP contribution is -2.32. The number of nitrogens with one attached hydrogen (secondary N) is 1. The van der Waals surface area contributed by atoms with Gasteiger partial charge in [0.2, 0.25) is 10.0 Å². The van der Waals surface area contributed by atoms with Crippen LogP contribution in [-0.4, -0.2) is 32.3 Å². The summed E-state index contributed by atoms with van der Waals surface area (Å²) in [4.78, 5) is 14.5. The lowest BCUT2D eigenvalue weighted by Gasteiger charge is -2.21. The molecule has 0 bridgehead atoms. The third-order valence-corrected chi connectivity index (χ3v) is 5.69. The zero-order valence-electron chi connectivity index (χ0n) is 16.2. The van der Waals surface area contributed by atoms with Crippen molar-refractivity contribution in [3.05, 3.63) is 65.2 Å². The van der Waals surface area contributed by atoms with E-state index in [4.69, 9.17) is 0 Å². The second kappa shape index (κ2) is 9.67. The third kappa shape index (κ3) is 5.91. The summed E-state index contributed by atoms with van der Waals surface area (Å²) in [5.74, 6) is -0.0599. The number of benzene rings is 2. The number of nitrogens with zero attached hydrogens (tertiary/aromatic N) is 1. The van der Waals surface area contributed by atoms with Gasteiger partial charge >= 0.3 is 0 Å². The molecule has 0 aliphatic rings. The van der Waals surface area contributed by atoms with Crippen molar-refractivity contribution in [2.45, 2.75) is 45.1 Å². The quantitative estimate of drug-likeness (QED) is 0.712. The minimum absolute atomic E-state index is 0.0599. The Bertz CT molecular complexity index is 838. The molecule has 0 fully saturated rings. The van der Waals surface area contributed by atoms with Gasteiger partial charge in [-0.25, -0.2) is 13.1 Å². The van der Waals surface area contributed by atoms with Gasteiger partial charge in [-0.05, 0) is 49.6 Å². The molecule has 6 heteroatoms. The first-order valence-electron chi connectivity index (χ1n) is 9.32. The Labute approximate surface area is 162 Å². The van der Waals surface area contributed by atoms with Crippen LogP contribution in [0.5, 0.6) is 0 Å². The van der Waals surface area contributed by atoms with Crippen LogP contribution in [0.1, 0.15) is 48.2 Å². The summed E-state index contributed by atoms with van der Waals surface area (Å²) in [6.07, 6.45) is 1.78. The SMILES string of the molecule is CCCN(CCC)C(=O)c1ccc(S(=O)(=O)NCc2ccc(C)cc2)cc1. The topological polar surface area (TPSA) is 66.5 Å². The molecule has 0 saturated heterocycles. The summed E-state index contributed by atoms with van der Waals surface area (Å²) < 4.78 is 27.6. The van der Waals surface area contributed by atoms with Crippen LogP contribution in [0.3, 0.4) is 0 Å². The molecule has 1 N–H and O–H groups in total. The van der Waals surface area contributed by atoms with Gasteiger partial charge in [0.15, 0.2) is 0 Å². The third-order valence-electron chi connectivity index (χ3n) is 4.27. The van der Waals surface area contributed by atoms with Gasteiger partial charge < -0.3 is 4.90 Å². The van der Waals surface area contributed by atoms with E-state index >= 15 is 0 Å². The van der Waals surface area contributed by atoms with Gasteiger partial charge in [0, 0.05) is 25.2 Å². The first-order chi connectivity index (χ1) is 12.9.